The number of hydrogen-bond donors (Lipinski definition) is 0. The van der Waals surface area contributed by atoms with Gasteiger partial charge in [-0.2, -0.15) is 0 Å². The molecule has 0 saturated carbocycles. The molecule has 0 spiro atoms. The van der Waals surface area contributed by atoms with Crippen LogP contribution in [0.3, 0.4) is 0 Å². The Morgan fingerprint density at radius 2 is 1.95 bits per heavy atom. The van der Waals surface area contributed by atoms with Crippen molar-refractivity contribution in [2.75, 3.05) is 0 Å². The summed E-state index contributed by atoms with van der Waals surface area (Å²) >= 11 is 0. The van der Waals surface area contributed by atoms with Crippen LogP contribution in [0.15, 0.2) is 42.5 Å². The van der Waals surface area contributed by atoms with E-state index in [1.807, 2.05) is 25.1 Å². The van der Waals surface area contributed by atoms with E-state index in [0.29, 0.717) is 0 Å². The summed E-state index contributed by atoms with van der Waals surface area (Å²) in [4.78, 5) is 22.7. The maximum Gasteiger partial charge on any atom is 0.270 e. The van der Waals surface area contributed by atoms with E-state index in [0.717, 1.165) is 28.7 Å². The van der Waals surface area contributed by atoms with Crippen molar-refractivity contribution in [2.45, 2.75) is 13.3 Å². The zero-order valence-corrected chi connectivity index (χ0v) is 11.0. The fourth-order valence-electron chi connectivity index (χ4n) is 2.76. The number of non-ortho nitro benzene ring substituents is 1. The molecule has 0 aliphatic heterocycles. The molecule has 0 fully saturated rings. The Kier molecular flexibility index (Phi) is 2.86. The van der Waals surface area contributed by atoms with Crippen molar-refractivity contribution in [3.05, 3.63) is 63.7 Å². The van der Waals surface area contributed by atoms with Crippen molar-refractivity contribution < 1.29 is 9.72 Å². The Labute approximate surface area is 116 Å². The summed E-state index contributed by atoms with van der Waals surface area (Å²) in [5.41, 5.74) is 3.31. The van der Waals surface area contributed by atoms with Crippen LogP contribution in [-0.4, -0.2) is 10.7 Å². The molecule has 0 N–H and O–H groups in total. The largest absolute Gasteiger partial charge is 0.294 e. The molecule has 0 heterocycles. The van der Waals surface area contributed by atoms with Gasteiger partial charge in [0.15, 0.2) is 5.78 Å². The van der Waals surface area contributed by atoms with Gasteiger partial charge in [0.25, 0.3) is 5.69 Å². The first kappa shape index (κ1) is 12.5. The molecule has 1 unspecified atom stereocenters. The van der Waals surface area contributed by atoms with Gasteiger partial charge in [0, 0.05) is 23.6 Å². The summed E-state index contributed by atoms with van der Waals surface area (Å²) in [7, 11) is 0. The SMILES string of the molecule is CC1Cc2cccc(-c3cccc([N+](=O)[O-])c3)c2C1=O. The van der Waals surface area contributed by atoms with Crippen molar-refractivity contribution in [3.8, 4) is 11.1 Å². The van der Waals surface area contributed by atoms with Gasteiger partial charge in [0.1, 0.15) is 0 Å². The van der Waals surface area contributed by atoms with E-state index in [-0.39, 0.29) is 17.4 Å². The number of carbonyl (C=O) groups excluding carboxylic acids is 1. The summed E-state index contributed by atoms with van der Waals surface area (Å²) in [5.74, 6) is 0.118. The second-order valence-electron chi connectivity index (χ2n) is 5.12. The summed E-state index contributed by atoms with van der Waals surface area (Å²) in [6.07, 6.45) is 0.747. The van der Waals surface area contributed by atoms with E-state index in [4.69, 9.17) is 0 Å². The van der Waals surface area contributed by atoms with E-state index < -0.39 is 4.92 Å². The topological polar surface area (TPSA) is 60.2 Å². The van der Waals surface area contributed by atoms with Crippen LogP contribution in [0.1, 0.15) is 22.8 Å². The molecule has 20 heavy (non-hydrogen) atoms. The summed E-state index contributed by atoms with van der Waals surface area (Å²) < 4.78 is 0. The monoisotopic (exact) mass is 267 g/mol. The van der Waals surface area contributed by atoms with E-state index >= 15 is 0 Å². The maximum atomic E-state index is 12.3. The molecule has 4 heteroatoms. The van der Waals surface area contributed by atoms with Crippen LogP contribution in [0.25, 0.3) is 11.1 Å². The Balaban J connectivity index is 2.18. The van der Waals surface area contributed by atoms with Gasteiger partial charge in [0.05, 0.1) is 4.92 Å². The predicted octanol–water partition coefficient (Wildman–Crippen LogP) is 3.64. The average molecular weight is 267 g/mol. The number of Topliss-reactive ketones (excluding diaryl/α,β-unsaturated/α-hetero) is 1. The Hall–Kier alpha value is -2.49. The minimum atomic E-state index is -0.420. The number of ketones is 1. The zero-order chi connectivity index (χ0) is 14.3. The molecule has 1 aliphatic carbocycles. The van der Waals surface area contributed by atoms with Crippen LogP contribution in [-0.2, 0) is 6.42 Å². The molecule has 0 saturated heterocycles. The van der Waals surface area contributed by atoms with E-state index in [1.54, 1.807) is 12.1 Å². The second kappa shape index (κ2) is 4.56. The molecule has 0 amide bonds. The molecule has 0 radical (unpaired) electrons. The number of nitro groups is 1. The zero-order valence-electron chi connectivity index (χ0n) is 11.0. The standard InChI is InChI=1S/C16H13NO3/c1-10-8-12-5-3-7-14(15(12)16(10)18)11-4-2-6-13(9-11)17(19)20/h2-7,9-10H,8H2,1H3. The van der Waals surface area contributed by atoms with Crippen LogP contribution in [0.2, 0.25) is 0 Å². The average Bonchev–Trinajstić information content (AvgIpc) is 2.74. The number of nitro benzene ring substituents is 1. The fraction of sp³-hybridized carbons (Fsp3) is 0.188. The van der Waals surface area contributed by atoms with Crippen LogP contribution >= 0.6 is 0 Å². The fourth-order valence-corrected chi connectivity index (χ4v) is 2.76. The summed E-state index contributed by atoms with van der Waals surface area (Å²) in [6.45, 7) is 1.92. The van der Waals surface area contributed by atoms with Gasteiger partial charge in [-0.05, 0) is 23.1 Å². The first-order valence-corrected chi connectivity index (χ1v) is 6.49. The lowest BCUT2D eigenvalue weighted by Crippen LogP contribution is -2.04. The highest BCUT2D eigenvalue weighted by molar-refractivity contribution is 6.07. The number of benzene rings is 2. The minimum absolute atomic E-state index is 0.00940. The number of hydrogen-bond acceptors (Lipinski definition) is 3. The molecule has 1 aliphatic rings. The predicted molar refractivity (Wildman–Crippen MR) is 75.7 cm³/mol. The Bertz CT molecular complexity index is 721. The third-order valence-corrected chi connectivity index (χ3v) is 3.74. The van der Waals surface area contributed by atoms with E-state index in [1.165, 1.54) is 12.1 Å². The molecule has 2 aromatic carbocycles. The molecule has 100 valence electrons. The third kappa shape index (κ3) is 1.90. The quantitative estimate of drug-likeness (QED) is 0.616. The van der Waals surface area contributed by atoms with Gasteiger partial charge in [-0.1, -0.05) is 37.3 Å². The normalized spacial score (nSPS) is 17.1. The van der Waals surface area contributed by atoms with Crippen LogP contribution in [0.4, 0.5) is 5.69 Å². The molecule has 2 aromatic rings. The second-order valence-corrected chi connectivity index (χ2v) is 5.12. The summed E-state index contributed by atoms with van der Waals surface area (Å²) in [5, 5.41) is 10.9. The molecule has 1 atom stereocenters. The lowest BCUT2D eigenvalue weighted by atomic mass is 9.96. The van der Waals surface area contributed by atoms with Crippen LogP contribution < -0.4 is 0 Å². The smallest absolute Gasteiger partial charge is 0.270 e. The van der Waals surface area contributed by atoms with Gasteiger partial charge < -0.3 is 0 Å². The Morgan fingerprint density at radius 1 is 1.20 bits per heavy atom. The molecule has 3 rings (SSSR count). The number of rotatable bonds is 2. The highest BCUT2D eigenvalue weighted by Gasteiger charge is 2.29. The highest BCUT2D eigenvalue weighted by atomic mass is 16.6. The van der Waals surface area contributed by atoms with Crippen molar-refractivity contribution >= 4 is 11.5 Å². The van der Waals surface area contributed by atoms with Gasteiger partial charge >= 0.3 is 0 Å². The van der Waals surface area contributed by atoms with Crippen molar-refractivity contribution in [3.63, 3.8) is 0 Å². The van der Waals surface area contributed by atoms with Gasteiger partial charge in [0.2, 0.25) is 0 Å². The minimum Gasteiger partial charge on any atom is -0.294 e. The molecule has 0 bridgehead atoms. The van der Waals surface area contributed by atoms with Crippen LogP contribution in [0.5, 0.6) is 0 Å². The van der Waals surface area contributed by atoms with Crippen LogP contribution in [0, 0.1) is 16.0 Å². The summed E-state index contributed by atoms with van der Waals surface area (Å²) in [6, 6.07) is 12.1. The number of nitrogens with zero attached hydrogens (tertiary/aromatic N) is 1. The first-order valence-electron chi connectivity index (χ1n) is 6.49. The maximum absolute atomic E-state index is 12.3. The third-order valence-electron chi connectivity index (χ3n) is 3.74. The molecular formula is C16H13NO3. The van der Waals surface area contributed by atoms with Crippen molar-refractivity contribution in [2.24, 2.45) is 5.92 Å². The number of fused-ring (bicyclic) bond motifs is 1. The first-order chi connectivity index (χ1) is 9.58. The van der Waals surface area contributed by atoms with Gasteiger partial charge in [-0.25, -0.2) is 0 Å². The molecule has 4 nitrogen and oxygen atoms in total. The lowest BCUT2D eigenvalue weighted by molar-refractivity contribution is -0.384. The van der Waals surface area contributed by atoms with E-state index in [2.05, 4.69) is 0 Å². The van der Waals surface area contributed by atoms with Gasteiger partial charge in [-0.15, -0.1) is 0 Å². The van der Waals surface area contributed by atoms with E-state index in [9.17, 15) is 14.9 Å². The lowest BCUT2D eigenvalue weighted by Gasteiger charge is -2.07. The van der Waals surface area contributed by atoms with Crippen molar-refractivity contribution in [1.82, 2.24) is 0 Å². The Morgan fingerprint density at radius 3 is 2.70 bits per heavy atom. The number of carbonyl (C=O) groups is 1. The van der Waals surface area contributed by atoms with Crippen molar-refractivity contribution in [1.29, 1.82) is 0 Å². The van der Waals surface area contributed by atoms with Gasteiger partial charge in [-0.3, -0.25) is 14.9 Å². The molecular weight excluding hydrogens is 254 g/mol. The highest BCUT2D eigenvalue weighted by Crippen LogP contribution is 2.35. The molecule has 0 aromatic heterocycles.